The molecular formula is C20H21NO5. The van der Waals surface area contributed by atoms with Gasteiger partial charge in [-0.2, -0.15) is 0 Å². The molecule has 0 saturated heterocycles. The molecule has 2 aromatic rings. The van der Waals surface area contributed by atoms with E-state index in [1.165, 1.54) is 7.11 Å². The van der Waals surface area contributed by atoms with E-state index < -0.39 is 24.0 Å². The summed E-state index contributed by atoms with van der Waals surface area (Å²) in [4.78, 5) is 36.6. The van der Waals surface area contributed by atoms with Crippen molar-refractivity contribution in [1.29, 1.82) is 0 Å². The smallest absolute Gasteiger partial charge is 0.372 e. The fourth-order valence-corrected chi connectivity index (χ4v) is 2.68. The predicted octanol–water partition coefficient (Wildman–Crippen LogP) is 2.58. The van der Waals surface area contributed by atoms with Gasteiger partial charge in [0, 0.05) is 14.1 Å². The first-order valence-electron chi connectivity index (χ1n) is 8.05. The quantitative estimate of drug-likeness (QED) is 0.445. The highest BCUT2D eigenvalue weighted by Gasteiger charge is 2.23. The van der Waals surface area contributed by atoms with Crippen LogP contribution in [0, 0.1) is 0 Å². The molecule has 0 heterocycles. The molecule has 0 fully saturated rings. The maximum atomic E-state index is 12.5. The summed E-state index contributed by atoms with van der Waals surface area (Å²) in [6, 6.07) is 13.3. The Morgan fingerprint density at radius 3 is 2.23 bits per heavy atom. The van der Waals surface area contributed by atoms with E-state index in [1.807, 2.05) is 55.4 Å². The van der Waals surface area contributed by atoms with Crippen molar-refractivity contribution < 1.29 is 24.2 Å². The molecule has 1 N–H and O–H groups in total. The lowest BCUT2D eigenvalue weighted by Gasteiger charge is -2.20. The number of rotatable bonds is 8. The Kier molecular flexibility index (Phi) is 6.11. The molecule has 0 saturated carbocycles. The number of carboxylic acids is 1. The van der Waals surface area contributed by atoms with Crippen LogP contribution in [0.3, 0.4) is 0 Å². The van der Waals surface area contributed by atoms with Crippen LogP contribution in [0.5, 0.6) is 5.75 Å². The van der Waals surface area contributed by atoms with Crippen LogP contribution in [0.25, 0.3) is 0 Å². The SMILES string of the molecule is COc1c(C(=O)CC(=O)C(=O)O)cc(Cc2ccccc2)cc1N(C)C. The standard InChI is InChI=1S/C20H21NO5/c1-21(2)16-11-14(9-13-7-5-4-6-8-13)10-15(19(16)26-3)17(22)12-18(23)20(24)25/h4-8,10-11H,9,12H2,1-3H3,(H,24,25). The van der Waals surface area contributed by atoms with Crippen molar-refractivity contribution in [2.24, 2.45) is 0 Å². The normalized spacial score (nSPS) is 10.3. The first-order chi connectivity index (χ1) is 12.3. The van der Waals surface area contributed by atoms with Gasteiger partial charge >= 0.3 is 5.97 Å². The molecule has 6 heteroatoms. The van der Waals surface area contributed by atoms with Gasteiger partial charge in [-0.25, -0.2) is 4.79 Å². The van der Waals surface area contributed by atoms with Crippen molar-refractivity contribution in [3.8, 4) is 5.75 Å². The summed E-state index contributed by atoms with van der Waals surface area (Å²) in [5.41, 5.74) is 2.83. The number of carbonyl (C=O) groups excluding carboxylic acids is 2. The second kappa shape index (κ2) is 8.29. The minimum absolute atomic E-state index is 0.208. The van der Waals surface area contributed by atoms with Crippen molar-refractivity contribution in [2.45, 2.75) is 12.8 Å². The topological polar surface area (TPSA) is 83.9 Å². The van der Waals surface area contributed by atoms with Gasteiger partial charge in [-0.15, -0.1) is 0 Å². The third kappa shape index (κ3) is 4.47. The van der Waals surface area contributed by atoms with Crippen LogP contribution in [0.1, 0.15) is 27.9 Å². The highest BCUT2D eigenvalue weighted by atomic mass is 16.5. The van der Waals surface area contributed by atoms with Gasteiger partial charge in [0.15, 0.2) is 11.5 Å². The Balaban J connectivity index is 2.48. The average molecular weight is 355 g/mol. The Morgan fingerprint density at radius 2 is 1.69 bits per heavy atom. The lowest BCUT2D eigenvalue weighted by molar-refractivity contribution is -0.148. The van der Waals surface area contributed by atoms with Gasteiger partial charge in [-0.3, -0.25) is 9.59 Å². The van der Waals surface area contributed by atoms with Gasteiger partial charge in [0.1, 0.15) is 0 Å². The fourth-order valence-electron chi connectivity index (χ4n) is 2.68. The van der Waals surface area contributed by atoms with Gasteiger partial charge in [-0.05, 0) is 29.7 Å². The molecule has 0 radical (unpaired) electrons. The van der Waals surface area contributed by atoms with Crippen LogP contribution in [-0.2, 0) is 16.0 Å². The number of carbonyl (C=O) groups is 3. The molecule has 136 valence electrons. The lowest BCUT2D eigenvalue weighted by atomic mass is 9.97. The summed E-state index contributed by atoms with van der Waals surface area (Å²) < 4.78 is 5.38. The van der Waals surface area contributed by atoms with Crippen molar-refractivity contribution in [3.63, 3.8) is 0 Å². The molecule has 0 spiro atoms. The van der Waals surface area contributed by atoms with Gasteiger partial charge in [0.05, 0.1) is 24.8 Å². The Bertz CT molecular complexity index is 828. The number of ether oxygens (including phenoxy) is 1. The number of hydrogen-bond donors (Lipinski definition) is 1. The molecule has 0 unspecified atom stereocenters. The maximum absolute atomic E-state index is 12.5. The van der Waals surface area contributed by atoms with Crippen molar-refractivity contribution in [1.82, 2.24) is 0 Å². The molecule has 0 bridgehead atoms. The molecule has 0 aromatic heterocycles. The zero-order valence-corrected chi connectivity index (χ0v) is 15.0. The second-order valence-electron chi connectivity index (χ2n) is 6.08. The summed E-state index contributed by atoms with van der Waals surface area (Å²) in [5, 5.41) is 8.76. The van der Waals surface area contributed by atoms with Crippen molar-refractivity contribution >= 4 is 23.2 Å². The van der Waals surface area contributed by atoms with Gasteiger partial charge in [0.2, 0.25) is 5.78 Å². The largest absolute Gasteiger partial charge is 0.494 e. The molecule has 0 atom stereocenters. The van der Waals surface area contributed by atoms with Crippen LogP contribution in [-0.4, -0.2) is 43.8 Å². The van der Waals surface area contributed by atoms with E-state index in [4.69, 9.17) is 9.84 Å². The van der Waals surface area contributed by atoms with Gasteiger partial charge < -0.3 is 14.7 Å². The molecule has 0 aliphatic heterocycles. The first-order valence-corrected chi connectivity index (χ1v) is 8.05. The number of methoxy groups -OCH3 is 1. The van der Waals surface area contributed by atoms with E-state index in [1.54, 1.807) is 6.07 Å². The fraction of sp³-hybridized carbons (Fsp3) is 0.250. The summed E-state index contributed by atoms with van der Waals surface area (Å²) in [6.07, 6.45) is -0.105. The molecule has 0 amide bonds. The zero-order chi connectivity index (χ0) is 19.3. The number of benzene rings is 2. The summed E-state index contributed by atoms with van der Waals surface area (Å²) >= 11 is 0. The lowest BCUT2D eigenvalue weighted by Crippen LogP contribution is -2.19. The van der Waals surface area contributed by atoms with E-state index in [2.05, 4.69) is 0 Å². The zero-order valence-electron chi connectivity index (χ0n) is 15.0. The number of Topliss-reactive ketones (excluding diaryl/α,β-unsaturated/α-hetero) is 2. The first kappa shape index (κ1) is 19.2. The number of carboxylic acid groups (broad SMARTS) is 1. The van der Waals surface area contributed by atoms with E-state index in [-0.39, 0.29) is 5.56 Å². The minimum Gasteiger partial charge on any atom is -0.494 e. The maximum Gasteiger partial charge on any atom is 0.372 e. The molecule has 26 heavy (non-hydrogen) atoms. The van der Waals surface area contributed by atoms with Crippen LogP contribution in [0.2, 0.25) is 0 Å². The Labute approximate surface area is 152 Å². The van der Waals surface area contributed by atoms with E-state index in [0.29, 0.717) is 17.9 Å². The highest BCUT2D eigenvalue weighted by molar-refractivity contribution is 6.37. The summed E-state index contributed by atoms with van der Waals surface area (Å²) in [6.45, 7) is 0. The second-order valence-corrected chi connectivity index (χ2v) is 6.08. The highest BCUT2D eigenvalue weighted by Crippen LogP contribution is 2.34. The van der Waals surface area contributed by atoms with E-state index in [0.717, 1.165) is 11.1 Å². The van der Waals surface area contributed by atoms with Gasteiger partial charge in [-0.1, -0.05) is 30.3 Å². The third-order valence-electron chi connectivity index (χ3n) is 3.93. The number of hydrogen-bond acceptors (Lipinski definition) is 5. The molecule has 2 aromatic carbocycles. The van der Waals surface area contributed by atoms with E-state index in [9.17, 15) is 14.4 Å². The summed E-state index contributed by atoms with van der Waals surface area (Å²) in [5.74, 6) is -3.01. The van der Waals surface area contributed by atoms with Crippen LogP contribution < -0.4 is 9.64 Å². The molecule has 0 aliphatic rings. The average Bonchev–Trinajstić information content (AvgIpc) is 2.61. The Morgan fingerprint density at radius 1 is 1.04 bits per heavy atom. The monoisotopic (exact) mass is 355 g/mol. The Hall–Kier alpha value is -3.15. The number of ketones is 2. The predicted molar refractivity (Wildman–Crippen MR) is 98.2 cm³/mol. The number of anilines is 1. The van der Waals surface area contributed by atoms with E-state index >= 15 is 0 Å². The van der Waals surface area contributed by atoms with Crippen molar-refractivity contribution in [3.05, 3.63) is 59.2 Å². The number of aliphatic carboxylic acids is 1. The number of nitrogens with zero attached hydrogens (tertiary/aromatic N) is 1. The minimum atomic E-state index is -1.62. The van der Waals surface area contributed by atoms with Crippen LogP contribution in [0.15, 0.2) is 42.5 Å². The molecule has 6 nitrogen and oxygen atoms in total. The van der Waals surface area contributed by atoms with Crippen molar-refractivity contribution in [2.75, 3.05) is 26.1 Å². The van der Waals surface area contributed by atoms with Gasteiger partial charge in [0.25, 0.3) is 0 Å². The molecular weight excluding hydrogens is 334 g/mol. The van der Waals surface area contributed by atoms with Crippen LogP contribution >= 0.6 is 0 Å². The molecule has 2 rings (SSSR count). The third-order valence-corrected chi connectivity index (χ3v) is 3.93. The summed E-state index contributed by atoms with van der Waals surface area (Å²) in [7, 11) is 5.08. The van der Waals surface area contributed by atoms with Crippen LogP contribution in [0.4, 0.5) is 5.69 Å². The molecule has 0 aliphatic carbocycles.